The van der Waals surface area contributed by atoms with Crippen LogP contribution in [0.5, 0.6) is 0 Å². The third-order valence-corrected chi connectivity index (χ3v) is 14.8. The van der Waals surface area contributed by atoms with Crippen molar-refractivity contribution in [2.75, 3.05) is 0 Å². The monoisotopic (exact) mass is 834 g/mol. The van der Waals surface area contributed by atoms with Crippen molar-refractivity contribution in [3.8, 4) is 55.6 Å². The summed E-state index contributed by atoms with van der Waals surface area (Å²) in [5.41, 5.74) is 19.4. The molecule has 14 rings (SSSR count). The van der Waals surface area contributed by atoms with Gasteiger partial charge in [-0.15, -0.1) is 0 Å². The molecule has 0 heterocycles. The Kier molecular flexibility index (Phi) is 8.21. The second kappa shape index (κ2) is 14.6. The lowest BCUT2D eigenvalue weighted by atomic mass is 9.74. The van der Waals surface area contributed by atoms with Crippen LogP contribution in [0, 0.1) is 0 Å². The Morgan fingerprint density at radius 2 is 0.818 bits per heavy atom. The van der Waals surface area contributed by atoms with E-state index in [1.54, 1.807) is 0 Å². The van der Waals surface area contributed by atoms with Crippen LogP contribution in [0.2, 0.25) is 0 Å². The predicted molar refractivity (Wildman–Crippen MR) is 282 cm³/mol. The molecule has 66 heavy (non-hydrogen) atoms. The van der Waals surface area contributed by atoms with Crippen molar-refractivity contribution < 1.29 is 0 Å². The minimum absolute atomic E-state index is 0.286. The molecule has 0 heteroatoms. The molecule has 0 saturated heterocycles. The Labute approximate surface area is 384 Å². The highest BCUT2D eigenvalue weighted by molar-refractivity contribution is 6.28. The molecule has 2 aliphatic carbocycles. The van der Waals surface area contributed by atoms with Gasteiger partial charge >= 0.3 is 0 Å². The van der Waals surface area contributed by atoms with E-state index < -0.39 is 0 Å². The van der Waals surface area contributed by atoms with Gasteiger partial charge in [0.25, 0.3) is 0 Å². The second-order valence-corrected chi connectivity index (χ2v) is 18.2. The summed E-state index contributed by atoms with van der Waals surface area (Å²) < 4.78 is 0. The maximum atomic E-state index is 2.47. The first kappa shape index (κ1) is 37.1. The molecule has 0 bridgehead atoms. The zero-order valence-corrected chi connectivity index (χ0v) is 36.3. The van der Waals surface area contributed by atoms with Gasteiger partial charge in [-0.2, -0.15) is 0 Å². The van der Waals surface area contributed by atoms with E-state index in [0.717, 1.165) is 6.42 Å². The molecule has 12 aromatic carbocycles. The fraction of sp³-hybridized carbons (Fsp3) is 0.0303. The summed E-state index contributed by atoms with van der Waals surface area (Å²) >= 11 is 0. The number of benzene rings is 12. The van der Waals surface area contributed by atoms with E-state index in [2.05, 4.69) is 237 Å². The Balaban J connectivity index is 0.750. The predicted octanol–water partition coefficient (Wildman–Crippen LogP) is 18.0. The summed E-state index contributed by atoms with van der Waals surface area (Å²) in [6.07, 6.45) is 8.14. The SMILES string of the molecule is C1=CC(c2ccccc2)C2=CCc3ccc(-c4ccc(-c5ccc(-c6ccc(-c7ccc8ccc9c(-c%10cccc%11ccccc%10%11)ccc%10ccc7c8c%109)cc6)cc5)cc4)c4ccc1c2c34. The summed E-state index contributed by atoms with van der Waals surface area (Å²) in [5.74, 6) is 0.286. The largest absolute Gasteiger partial charge is 0.0753 e. The van der Waals surface area contributed by atoms with Crippen LogP contribution in [0.1, 0.15) is 28.2 Å². The fourth-order valence-corrected chi connectivity index (χ4v) is 11.6. The molecule has 1 atom stereocenters. The van der Waals surface area contributed by atoms with E-state index in [1.165, 1.54) is 137 Å². The summed E-state index contributed by atoms with van der Waals surface area (Å²) in [4.78, 5) is 0. The van der Waals surface area contributed by atoms with Crippen molar-refractivity contribution in [2.24, 2.45) is 0 Å². The molecule has 0 aromatic heterocycles. The molecule has 0 N–H and O–H groups in total. The van der Waals surface area contributed by atoms with Crippen molar-refractivity contribution >= 4 is 65.5 Å². The van der Waals surface area contributed by atoms with Gasteiger partial charge in [-0.3, -0.25) is 0 Å². The average molecular weight is 835 g/mol. The number of rotatable bonds is 6. The quantitative estimate of drug-likeness (QED) is 0.146. The molecule has 0 spiro atoms. The van der Waals surface area contributed by atoms with Crippen LogP contribution in [0.15, 0.2) is 231 Å². The minimum atomic E-state index is 0.286. The summed E-state index contributed by atoms with van der Waals surface area (Å²) in [5, 5.41) is 13.2. The first-order valence-electron chi connectivity index (χ1n) is 23.2. The highest BCUT2D eigenvalue weighted by Crippen LogP contribution is 2.49. The first-order chi connectivity index (χ1) is 32.7. The fourth-order valence-electron chi connectivity index (χ4n) is 11.6. The molecule has 12 aromatic rings. The standard InChI is InChI=1S/C66H42/c1-2-7-45(8-3-1)54-33-25-49-30-38-60-55(34-26-50-29-37-59(54)63(49)64(50)60)47-21-17-43(18-22-47)41-13-15-42(16-14-41)44-19-23-48(24-20-44)56-35-27-51-32-40-62-58(36-28-52-31-39-61(56)65(51)66(52)62)57-12-6-10-46-9-4-5-11-53(46)57/h1-28,30-40,54H,29H2. The summed E-state index contributed by atoms with van der Waals surface area (Å²) in [7, 11) is 0. The number of fused-ring (bicyclic) bond motifs is 1. The van der Waals surface area contributed by atoms with E-state index in [1.807, 2.05) is 0 Å². The zero-order chi connectivity index (χ0) is 43.3. The summed E-state index contributed by atoms with van der Waals surface area (Å²) in [6.45, 7) is 0. The number of hydrogen-bond acceptors (Lipinski definition) is 0. The maximum Gasteiger partial charge on any atom is 0.0276 e. The highest BCUT2D eigenvalue weighted by atomic mass is 14.3. The van der Waals surface area contributed by atoms with Crippen molar-refractivity contribution in [3.05, 3.63) is 253 Å². The van der Waals surface area contributed by atoms with Gasteiger partial charge in [0.05, 0.1) is 0 Å². The number of hydrogen-bond donors (Lipinski definition) is 0. The van der Waals surface area contributed by atoms with Gasteiger partial charge in [-0.1, -0.05) is 237 Å². The van der Waals surface area contributed by atoms with E-state index in [4.69, 9.17) is 0 Å². The van der Waals surface area contributed by atoms with Crippen LogP contribution < -0.4 is 0 Å². The average Bonchev–Trinajstić information content (AvgIpc) is 3.39. The first-order valence-corrected chi connectivity index (χ1v) is 23.2. The third-order valence-electron chi connectivity index (χ3n) is 14.8. The van der Waals surface area contributed by atoms with Crippen molar-refractivity contribution in [1.29, 1.82) is 0 Å². The highest BCUT2D eigenvalue weighted by Gasteiger charge is 2.27. The maximum absolute atomic E-state index is 2.47. The lowest BCUT2D eigenvalue weighted by molar-refractivity contribution is 1.08. The Bertz CT molecular complexity index is 3950. The molecule has 0 fully saturated rings. The van der Waals surface area contributed by atoms with E-state index in [9.17, 15) is 0 Å². The molecule has 0 saturated carbocycles. The van der Waals surface area contributed by atoms with Crippen LogP contribution >= 0.6 is 0 Å². The molecule has 1 unspecified atom stereocenters. The molecular formula is C66H42. The van der Waals surface area contributed by atoms with Gasteiger partial charge in [0.2, 0.25) is 0 Å². The topological polar surface area (TPSA) is 0 Å². The van der Waals surface area contributed by atoms with Crippen molar-refractivity contribution in [2.45, 2.75) is 12.3 Å². The molecular weight excluding hydrogens is 793 g/mol. The van der Waals surface area contributed by atoms with Gasteiger partial charge in [0.15, 0.2) is 0 Å². The van der Waals surface area contributed by atoms with Gasteiger partial charge in [-0.05, 0) is 144 Å². The van der Waals surface area contributed by atoms with Crippen LogP contribution in [-0.2, 0) is 6.42 Å². The second-order valence-electron chi connectivity index (χ2n) is 18.2. The Morgan fingerprint density at radius 1 is 0.318 bits per heavy atom. The zero-order valence-electron chi connectivity index (χ0n) is 36.3. The molecule has 0 radical (unpaired) electrons. The van der Waals surface area contributed by atoms with E-state index in [-0.39, 0.29) is 5.92 Å². The molecule has 306 valence electrons. The van der Waals surface area contributed by atoms with Gasteiger partial charge in [0, 0.05) is 5.92 Å². The normalized spacial score (nSPS) is 14.2. The molecule has 0 aliphatic heterocycles. The van der Waals surface area contributed by atoms with Crippen LogP contribution in [0.3, 0.4) is 0 Å². The minimum Gasteiger partial charge on any atom is -0.0753 e. The van der Waals surface area contributed by atoms with Gasteiger partial charge < -0.3 is 0 Å². The van der Waals surface area contributed by atoms with Gasteiger partial charge in [-0.25, -0.2) is 0 Å². The van der Waals surface area contributed by atoms with Crippen LogP contribution in [-0.4, -0.2) is 0 Å². The Hall–Kier alpha value is -8.32. The lowest BCUT2D eigenvalue weighted by Crippen LogP contribution is -2.10. The molecule has 2 aliphatic rings. The Morgan fingerprint density at radius 3 is 1.48 bits per heavy atom. The number of allylic oxidation sites excluding steroid dienone is 3. The van der Waals surface area contributed by atoms with Gasteiger partial charge in [0.1, 0.15) is 0 Å². The van der Waals surface area contributed by atoms with Crippen LogP contribution in [0.4, 0.5) is 0 Å². The van der Waals surface area contributed by atoms with E-state index in [0.29, 0.717) is 0 Å². The third kappa shape index (κ3) is 5.71. The smallest absolute Gasteiger partial charge is 0.0276 e. The molecule has 0 amide bonds. The summed E-state index contributed by atoms with van der Waals surface area (Å²) in [6, 6.07) is 81.5. The lowest BCUT2D eigenvalue weighted by Gasteiger charge is -2.30. The van der Waals surface area contributed by atoms with E-state index >= 15 is 0 Å². The van der Waals surface area contributed by atoms with Crippen molar-refractivity contribution in [3.63, 3.8) is 0 Å². The van der Waals surface area contributed by atoms with Crippen molar-refractivity contribution in [1.82, 2.24) is 0 Å². The van der Waals surface area contributed by atoms with Crippen LogP contribution in [0.25, 0.3) is 121 Å². The molecule has 0 nitrogen and oxygen atoms in total.